The molecule has 4 rings (SSSR count). The number of carboxylic acids is 1. The molecular formula is C23H25N3O5S2. The van der Waals surface area contributed by atoms with E-state index in [0.717, 1.165) is 61.7 Å². The Bertz CT molecular complexity index is 1090. The van der Waals surface area contributed by atoms with Crippen molar-refractivity contribution < 1.29 is 24.2 Å². The fourth-order valence-electron chi connectivity index (χ4n) is 3.56. The molecule has 2 aromatic heterocycles. The molecular weight excluding hydrogens is 462 g/mol. The van der Waals surface area contributed by atoms with Crippen LogP contribution in [0.3, 0.4) is 0 Å². The molecule has 1 aliphatic rings. The summed E-state index contributed by atoms with van der Waals surface area (Å²) >= 11 is 2.79. The van der Waals surface area contributed by atoms with Gasteiger partial charge in [0.2, 0.25) is 0 Å². The number of nitrogens with zero attached hydrogens (tertiary/aromatic N) is 2. The van der Waals surface area contributed by atoms with Crippen molar-refractivity contribution in [2.45, 2.75) is 12.8 Å². The molecule has 0 unspecified atom stereocenters. The Morgan fingerprint density at radius 1 is 1.21 bits per heavy atom. The fraction of sp³-hybridized carbons (Fsp3) is 0.348. The molecule has 1 aliphatic heterocycles. The van der Waals surface area contributed by atoms with E-state index in [2.05, 4.69) is 15.2 Å². The third kappa shape index (κ3) is 6.61. The normalized spacial score (nSPS) is 14.2. The number of carboxylic acid groups (broad SMARTS) is 1. The molecule has 0 atom stereocenters. The van der Waals surface area contributed by atoms with Crippen molar-refractivity contribution in [3.05, 3.63) is 51.5 Å². The molecule has 1 amide bonds. The third-order valence-corrected chi connectivity index (χ3v) is 6.91. The van der Waals surface area contributed by atoms with Gasteiger partial charge in [0.05, 0.1) is 23.8 Å². The predicted molar refractivity (Wildman–Crippen MR) is 129 cm³/mol. The summed E-state index contributed by atoms with van der Waals surface area (Å²) in [6.07, 6.45) is 1.86. The Morgan fingerprint density at radius 2 is 2.06 bits per heavy atom. The quantitative estimate of drug-likeness (QED) is 0.448. The average Bonchev–Trinajstić information content (AvgIpc) is 3.48. The highest BCUT2D eigenvalue weighted by Gasteiger charge is 2.16. The Balaban J connectivity index is 1.34. The van der Waals surface area contributed by atoms with Crippen LogP contribution in [0.15, 0.2) is 41.1 Å². The van der Waals surface area contributed by atoms with E-state index in [4.69, 9.17) is 14.6 Å². The van der Waals surface area contributed by atoms with Gasteiger partial charge in [-0.1, -0.05) is 12.1 Å². The maximum absolute atomic E-state index is 12.9. The minimum absolute atomic E-state index is 0.147. The first-order valence-electron chi connectivity index (χ1n) is 10.7. The number of carbonyl (C=O) groups excluding carboxylic acids is 1. The zero-order chi connectivity index (χ0) is 23.0. The molecule has 0 radical (unpaired) electrons. The van der Waals surface area contributed by atoms with Crippen LogP contribution in [0, 0.1) is 0 Å². The molecule has 3 aromatic rings. The van der Waals surface area contributed by atoms with Crippen LogP contribution in [-0.4, -0.2) is 66.3 Å². The molecule has 174 valence electrons. The molecule has 1 aromatic carbocycles. The molecule has 0 spiro atoms. The van der Waals surface area contributed by atoms with Gasteiger partial charge in [0.15, 0.2) is 11.7 Å². The van der Waals surface area contributed by atoms with E-state index in [0.29, 0.717) is 16.6 Å². The number of ether oxygens (including phenoxy) is 2. The monoisotopic (exact) mass is 487 g/mol. The van der Waals surface area contributed by atoms with Gasteiger partial charge in [-0.25, -0.2) is 9.78 Å². The smallest absolute Gasteiger partial charge is 0.341 e. The summed E-state index contributed by atoms with van der Waals surface area (Å²) in [5.41, 5.74) is 2.54. The SMILES string of the molecule is O=C(O)COc1cccc(-c2csc(NC(=O)c3sccc3CCCN3CCOCC3)n2)c1. The Kier molecular flexibility index (Phi) is 8.05. The lowest BCUT2D eigenvalue weighted by Crippen LogP contribution is -2.36. The Labute approximate surface area is 199 Å². The molecule has 3 heterocycles. The molecule has 2 N–H and O–H groups in total. The van der Waals surface area contributed by atoms with E-state index in [1.165, 1.54) is 22.7 Å². The van der Waals surface area contributed by atoms with Crippen molar-refractivity contribution in [2.75, 3.05) is 44.8 Å². The van der Waals surface area contributed by atoms with Crippen LogP contribution >= 0.6 is 22.7 Å². The third-order valence-electron chi connectivity index (χ3n) is 5.19. The van der Waals surface area contributed by atoms with Crippen LogP contribution in [-0.2, 0) is 16.0 Å². The molecule has 0 bridgehead atoms. The Morgan fingerprint density at radius 3 is 2.88 bits per heavy atom. The minimum atomic E-state index is -1.03. The summed E-state index contributed by atoms with van der Waals surface area (Å²) in [4.78, 5) is 31.2. The van der Waals surface area contributed by atoms with Gasteiger partial charge < -0.3 is 14.6 Å². The van der Waals surface area contributed by atoms with Crippen LogP contribution in [0.1, 0.15) is 21.7 Å². The molecule has 10 heteroatoms. The van der Waals surface area contributed by atoms with Crippen LogP contribution in [0.4, 0.5) is 5.13 Å². The molecule has 0 saturated carbocycles. The number of amides is 1. The predicted octanol–water partition coefficient (Wildman–Crippen LogP) is 3.85. The number of aryl methyl sites for hydroxylation is 1. The largest absolute Gasteiger partial charge is 0.482 e. The molecule has 33 heavy (non-hydrogen) atoms. The zero-order valence-electron chi connectivity index (χ0n) is 18.0. The van der Waals surface area contributed by atoms with Crippen molar-refractivity contribution in [2.24, 2.45) is 0 Å². The van der Waals surface area contributed by atoms with Crippen LogP contribution in [0.25, 0.3) is 11.3 Å². The number of nitrogens with one attached hydrogen (secondary N) is 1. The number of rotatable bonds is 10. The van der Waals surface area contributed by atoms with Gasteiger partial charge in [-0.05, 0) is 48.5 Å². The van der Waals surface area contributed by atoms with E-state index in [9.17, 15) is 9.59 Å². The number of carbonyl (C=O) groups is 2. The standard InChI is InChI=1S/C23H25N3O5S2/c27-20(28)14-31-18-5-1-3-17(13-18)19-15-33-23(24-19)25-22(29)21-16(6-12-32-21)4-2-7-26-8-10-30-11-9-26/h1,3,5-6,12-13,15H,2,4,7-11,14H2,(H,27,28)(H,24,25,29). The van der Waals surface area contributed by atoms with E-state index in [-0.39, 0.29) is 5.91 Å². The van der Waals surface area contributed by atoms with Crippen molar-refractivity contribution in [3.63, 3.8) is 0 Å². The number of benzene rings is 1. The van der Waals surface area contributed by atoms with Crippen LogP contribution in [0.5, 0.6) is 5.75 Å². The lowest BCUT2D eigenvalue weighted by molar-refractivity contribution is -0.139. The summed E-state index contributed by atoms with van der Waals surface area (Å²) < 4.78 is 10.6. The number of hydrogen-bond donors (Lipinski definition) is 2. The maximum Gasteiger partial charge on any atom is 0.341 e. The van der Waals surface area contributed by atoms with Gasteiger partial charge in [0, 0.05) is 24.0 Å². The van der Waals surface area contributed by atoms with Gasteiger partial charge in [-0.2, -0.15) is 0 Å². The van der Waals surface area contributed by atoms with Crippen LogP contribution < -0.4 is 10.1 Å². The van der Waals surface area contributed by atoms with Gasteiger partial charge in [0.25, 0.3) is 5.91 Å². The first-order chi connectivity index (χ1) is 16.1. The number of thiazole rings is 1. The number of anilines is 1. The summed E-state index contributed by atoms with van der Waals surface area (Å²) in [7, 11) is 0. The summed E-state index contributed by atoms with van der Waals surface area (Å²) in [6.45, 7) is 4.13. The van der Waals surface area contributed by atoms with E-state index in [1.807, 2.05) is 22.9 Å². The number of aromatic nitrogens is 1. The first kappa shape index (κ1) is 23.4. The van der Waals surface area contributed by atoms with Gasteiger partial charge in [0.1, 0.15) is 5.75 Å². The van der Waals surface area contributed by atoms with E-state index in [1.54, 1.807) is 18.2 Å². The lowest BCUT2D eigenvalue weighted by atomic mass is 10.1. The summed E-state index contributed by atoms with van der Waals surface area (Å²) in [5, 5.41) is 16.0. The number of aliphatic carboxylic acids is 1. The number of thiophene rings is 1. The zero-order valence-corrected chi connectivity index (χ0v) is 19.6. The fourth-order valence-corrected chi connectivity index (χ4v) is 5.12. The molecule has 1 fully saturated rings. The highest BCUT2D eigenvalue weighted by atomic mass is 32.1. The van der Waals surface area contributed by atoms with E-state index >= 15 is 0 Å². The van der Waals surface area contributed by atoms with Gasteiger partial charge in [-0.15, -0.1) is 22.7 Å². The van der Waals surface area contributed by atoms with Crippen molar-refractivity contribution in [1.29, 1.82) is 0 Å². The second-order valence-corrected chi connectivity index (χ2v) is 9.31. The average molecular weight is 488 g/mol. The van der Waals surface area contributed by atoms with Crippen molar-refractivity contribution in [1.82, 2.24) is 9.88 Å². The van der Waals surface area contributed by atoms with Crippen molar-refractivity contribution in [3.8, 4) is 17.0 Å². The number of hydrogen-bond acceptors (Lipinski definition) is 8. The molecule has 8 nitrogen and oxygen atoms in total. The van der Waals surface area contributed by atoms with Gasteiger partial charge >= 0.3 is 5.97 Å². The number of morpholine rings is 1. The van der Waals surface area contributed by atoms with Crippen molar-refractivity contribution >= 4 is 39.7 Å². The Hall–Kier alpha value is -2.79. The summed E-state index contributed by atoms with van der Waals surface area (Å²) in [6, 6.07) is 9.09. The first-order valence-corrected chi connectivity index (χ1v) is 12.4. The highest BCUT2D eigenvalue weighted by molar-refractivity contribution is 7.14. The second-order valence-electron chi connectivity index (χ2n) is 7.53. The highest BCUT2D eigenvalue weighted by Crippen LogP contribution is 2.28. The molecule has 1 saturated heterocycles. The van der Waals surface area contributed by atoms with Crippen LogP contribution in [0.2, 0.25) is 0 Å². The maximum atomic E-state index is 12.9. The topological polar surface area (TPSA) is 101 Å². The molecule has 0 aliphatic carbocycles. The second kappa shape index (κ2) is 11.4. The minimum Gasteiger partial charge on any atom is -0.482 e. The van der Waals surface area contributed by atoms with E-state index < -0.39 is 12.6 Å². The lowest BCUT2D eigenvalue weighted by Gasteiger charge is -2.26. The van der Waals surface area contributed by atoms with Gasteiger partial charge in [-0.3, -0.25) is 15.0 Å². The summed E-state index contributed by atoms with van der Waals surface area (Å²) in [5.74, 6) is -0.729.